The van der Waals surface area contributed by atoms with E-state index >= 15 is 0 Å². The molecule has 2 aromatic heterocycles. The van der Waals surface area contributed by atoms with E-state index < -0.39 is 10.2 Å². The maximum Gasteiger partial charge on any atom is 0.291 e. The monoisotopic (exact) mass is 526 g/mol. The van der Waals surface area contributed by atoms with Gasteiger partial charge >= 0.3 is 0 Å². The molecule has 0 amide bonds. The highest BCUT2D eigenvalue weighted by molar-refractivity contribution is 6.42. The first-order valence-corrected chi connectivity index (χ1v) is 11.1. The first-order valence-electron chi connectivity index (χ1n) is 10.4. The Kier molecular flexibility index (Phi) is 10.1. The van der Waals surface area contributed by atoms with Gasteiger partial charge in [0, 0.05) is 24.8 Å². The van der Waals surface area contributed by atoms with Crippen LogP contribution in [0.4, 0.5) is 0 Å². The summed E-state index contributed by atoms with van der Waals surface area (Å²) in [5.41, 5.74) is 4.22. The Morgan fingerprint density at radius 2 is 1.54 bits per heavy atom. The van der Waals surface area contributed by atoms with Crippen molar-refractivity contribution in [2.45, 2.75) is 20.4 Å². The highest BCUT2D eigenvalue weighted by Crippen LogP contribution is 2.30. The van der Waals surface area contributed by atoms with E-state index in [2.05, 4.69) is 58.2 Å². The topological polar surface area (TPSA) is 152 Å². The summed E-state index contributed by atoms with van der Waals surface area (Å²) in [4.78, 5) is 24.1. The maximum absolute atomic E-state index is 8.36. The molecule has 0 spiro atoms. The molecular weight excluding hydrogens is 503 g/mol. The molecular formula is C21H24Cl2N6O6. The molecule has 12 nitrogen and oxygen atoms in total. The average molecular weight is 527 g/mol. The quantitative estimate of drug-likeness (QED) is 0.265. The lowest BCUT2D eigenvalue weighted by molar-refractivity contribution is -0.742. The molecule has 0 fully saturated rings. The van der Waals surface area contributed by atoms with Gasteiger partial charge in [-0.05, 0) is 37.4 Å². The van der Waals surface area contributed by atoms with E-state index in [0.29, 0.717) is 10.0 Å². The van der Waals surface area contributed by atoms with Crippen molar-refractivity contribution in [3.05, 3.63) is 78.9 Å². The van der Waals surface area contributed by atoms with Crippen LogP contribution in [0.5, 0.6) is 0 Å². The molecule has 0 saturated heterocycles. The van der Waals surface area contributed by atoms with Crippen LogP contribution in [0.1, 0.15) is 13.8 Å². The molecule has 35 heavy (non-hydrogen) atoms. The van der Waals surface area contributed by atoms with Crippen LogP contribution in [0.15, 0.2) is 48.7 Å². The number of rotatable bonds is 6. The third kappa shape index (κ3) is 7.44. The van der Waals surface area contributed by atoms with Gasteiger partial charge in [0.05, 0.1) is 26.8 Å². The zero-order valence-electron chi connectivity index (χ0n) is 18.9. The van der Waals surface area contributed by atoms with Crippen LogP contribution >= 0.6 is 23.2 Å². The number of hydrogen-bond acceptors (Lipinski definition) is 6. The van der Waals surface area contributed by atoms with Crippen molar-refractivity contribution >= 4 is 40.0 Å². The smallest absolute Gasteiger partial charge is 0.291 e. The fourth-order valence-corrected chi connectivity index (χ4v) is 3.84. The molecule has 2 N–H and O–H groups in total. The fourth-order valence-electron chi connectivity index (χ4n) is 3.54. The fraction of sp³-hybridized carbons (Fsp3) is 0.286. The van der Waals surface area contributed by atoms with Gasteiger partial charge in [-0.1, -0.05) is 55.2 Å². The zero-order chi connectivity index (χ0) is 26.1. The van der Waals surface area contributed by atoms with Crippen LogP contribution < -0.4 is 0 Å². The molecule has 0 bridgehead atoms. The normalized spacial score (nSPS) is 10.5. The van der Waals surface area contributed by atoms with Crippen molar-refractivity contribution < 1.29 is 20.6 Å². The molecule has 0 atom stereocenters. The van der Waals surface area contributed by atoms with E-state index in [-0.39, 0.29) is 0 Å². The minimum absolute atomic E-state index is 0.543. The minimum atomic E-state index is -1.50. The predicted octanol–water partition coefficient (Wildman–Crippen LogP) is 4.91. The number of fused-ring (bicyclic) bond motifs is 3. The van der Waals surface area contributed by atoms with Gasteiger partial charge in [-0.25, -0.2) is 4.98 Å². The van der Waals surface area contributed by atoms with Crippen LogP contribution in [-0.4, -0.2) is 59.1 Å². The van der Waals surface area contributed by atoms with Crippen molar-refractivity contribution in [2.75, 3.05) is 19.6 Å². The molecule has 4 aromatic rings. The van der Waals surface area contributed by atoms with Crippen LogP contribution in [-0.2, 0) is 6.54 Å². The van der Waals surface area contributed by atoms with Gasteiger partial charge in [0.1, 0.15) is 0 Å². The van der Waals surface area contributed by atoms with E-state index in [1.165, 1.54) is 5.52 Å². The third-order valence-corrected chi connectivity index (χ3v) is 5.85. The molecule has 2 heterocycles. The van der Waals surface area contributed by atoms with E-state index in [9.17, 15) is 0 Å². The first-order chi connectivity index (χ1) is 16.6. The molecule has 2 aromatic carbocycles. The molecule has 0 aliphatic rings. The number of para-hydroxylation sites is 2. The number of aromatic nitrogens is 3. The molecule has 0 aliphatic heterocycles. The minimum Gasteiger partial charge on any atom is -0.328 e. The first kappa shape index (κ1) is 27.6. The van der Waals surface area contributed by atoms with E-state index in [1.54, 1.807) is 0 Å². The highest BCUT2D eigenvalue weighted by atomic mass is 35.5. The van der Waals surface area contributed by atoms with Crippen molar-refractivity contribution in [1.82, 2.24) is 18.9 Å². The maximum atomic E-state index is 8.36. The SMILES string of the molecule is CCN(CC)CCn1c2ccccc2n2cc(-c3ccc(Cl)c(Cl)c3)nc12.O=[N+]([O-])O.O=[N+]([O-])O. The number of benzene rings is 2. The van der Waals surface area contributed by atoms with Gasteiger partial charge in [-0.15, -0.1) is 20.2 Å². The van der Waals surface area contributed by atoms with Crippen molar-refractivity contribution in [2.24, 2.45) is 0 Å². The van der Waals surface area contributed by atoms with Gasteiger partial charge < -0.3 is 19.9 Å². The average Bonchev–Trinajstić information content (AvgIpc) is 3.34. The van der Waals surface area contributed by atoms with Gasteiger partial charge in [-0.2, -0.15) is 0 Å². The molecule has 0 unspecified atom stereocenters. The number of likely N-dealkylation sites (N-methyl/N-ethyl adjacent to an activating group) is 1. The van der Waals surface area contributed by atoms with Gasteiger partial charge in [-0.3, -0.25) is 4.40 Å². The molecule has 188 valence electrons. The summed E-state index contributed by atoms with van der Waals surface area (Å²) >= 11 is 12.3. The van der Waals surface area contributed by atoms with Crippen molar-refractivity contribution in [1.29, 1.82) is 0 Å². The Balaban J connectivity index is 0.000000473. The summed E-state index contributed by atoms with van der Waals surface area (Å²) in [6.45, 7) is 8.40. The highest BCUT2D eigenvalue weighted by Gasteiger charge is 2.15. The van der Waals surface area contributed by atoms with E-state index in [4.69, 9.17) is 58.8 Å². The molecule has 0 saturated carbocycles. The molecule has 14 heteroatoms. The summed E-state index contributed by atoms with van der Waals surface area (Å²) < 4.78 is 4.46. The molecule has 0 aliphatic carbocycles. The molecule has 0 radical (unpaired) electrons. The van der Waals surface area contributed by atoms with Crippen LogP contribution in [0, 0.1) is 20.2 Å². The standard InChI is InChI=1S/C21H22Cl2N4.2HNO3/c1-3-25(4-2)11-12-26-19-7-5-6-8-20(19)27-14-18(24-21(26)27)15-9-10-16(22)17(23)13-15;2*2-1(3)4/h5-10,13-14H,3-4,11-12H2,1-2H3;2*(H,2,3,4). The number of hydrogen-bond donors (Lipinski definition) is 2. The van der Waals surface area contributed by atoms with E-state index in [1.807, 2.05) is 18.2 Å². The van der Waals surface area contributed by atoms with Crippen molar-refractivity contribution in [3.8, 4) is 11.3 Å². The number of halogens is 2. The second kappa shape index (κ2) is 12.7. The lowest BCUT2D eigenvalue weighted by atomic mass is 10.2. The Morgan fingerprint density at radius 3 is 2.09 bits per heavy atom. The van der Waals surface area contributed by atoms with Gasteiger partial charge in [0.2, 0.25) is 5.78 Å². The Hall–Kier alpha value is -3.61. The third-order valence-electron chi connectivity index (χ3n) is 5.11. The Labute approximate surface area is 209 Å². The summed E-state index contributed by atoms with van der Waals surface area (Å²) in [6.07, 6.45) is 2.07. The zero-order valence-corrected chi connectivity index (χ0v) is 20.4. The Morgan fingerprint density at radius 1 is 0.971 bits per heavy atom. The summed E-state index contributed by atoms with van der Waals surface area (Å²) in [5, 5.41) is 28.4. The summed E-state index contributed by atoms with van der Waals surface area (Å²) in [7, 11) is 0. The summed E-state index contributed by atoms with van der Waals surface area (Å²) in [5.74, 6) is 0.949. The molecule has 4 rings (SSSR count). The predicted molar refractivity (Wildman–Crippen MR) is 131 cm³/mol. The van der Waals surface area contributed by atoms with Crippen LogP contribution in [0.2, 0.25) is 10.0 Å². The summed E-state index contributed by atoms with van der Waals surface area (Å²) in [6, 6.07) is 14.1. The van der Waals surface area contributed by atoms with Gasteiger partial charge in [0.15, 0.2) is 0 Å². The Bertz CT molecular complexity index is 1280. The van der Waals surface area contributed by atoms with Gasteiger partial charge in [0.25, 0.3) is 10.2 Å². The van der Waals surface area contributed by atoms with E-state index in [0.717, 1.165) is 48.7 Å². The van der Waals surface area contributed by atoms with Crippen LogP contribution in [0.25, 0.3) is 28.1 Å². The number of nitrogens with zero attached hydrogens (tertiary/aromatic N) is 6. The van der Waals surface area contributed by atoms with Crippen molar-refractivity contribution in [3.63, 3.8) is 0 Å². The second-order valence-electron chi connectivity index (χ2n) is 7.07. The second-order valence-corrected chi connectivity index (χ2v) is 7.88. The lowest BCUT2D eigenvalue weighted by Gasteiger charge is -2.18. The largest absolute Gasteiger partial charge is 0.328 e. The van der Waals surface area contributed by atoms with Crippen LogP contribution in [0.3, 0.4) is 0 Å². The lowest BCUT2D eigenvalue weighted by Crippen LogP contribution is -2.27. The number of imidazole rings is 2.